The Morgan fingerprint density at radius 1 is 1.09 bits per heavy atom. The third-order valence-corrected chi connectivity index (χ3v) is 3.12. The number of ether oxygens (including phenoxy) is 2. The summed E-state index contributed by atoms with van der Waals surface area (Å²) < 4.78 is 10.8. The number of nitrogens with two attached hydrogens (primary N) is 1. The molecule has 0 aliphatic heterocycles. The Morgan fingerprint density at radius 3 is 2.68 bits per heavy atom. The van der Waals surface area contributed by atoms with Gasteiger partial charge in [0.15, 0.2) is 11.6 Å². The number of aromatic amines is 1. The molecule has 0 bridgehead atoms. The molecular weight excluding hydrogens is 280 g/mol. The van der Waals surface area contributed by atoms with Crippen LogP contribution in [0.1, 0.15) is 5.82 Å². The molecule has 1 heterocycles. The summed E-state index contributed by atoms with van der Waals surface area (Å²) in [6, 6.07) is 14.8. The van der Waals surface area contributed by atoms with Gasteiger partial charge in [-0.1, -0.05) is 12.1 Å². The summed E-state index contributed by atoms with van der Waals surface area (Å²) in [7, 11) is 1.63. The van der Waals surface area contributed by atoms with E-state index in [4.69, 9.17) is 15.2 Å². The summed E-state index contributed by atoms with van der Waals surface area (Å²) in [5, 5.41) is 7.07. The maximum absolute atomic E-state index is 5.63. The molecule has 0 spiro atoms. The minimum atomic E-state index is 0.306. The number of H-pyrrole nitrogens is 1. The van der Waals surface area contributed by atoms with E-state index in [1.54, 1.807) is 19.2 Å². The quantitative estimate of drug-likeness (QED) is 0.707. The zero-order chi connectivity index (χ0) is 15.4. The summed E-state index contributed by atoms with van der Waals surface area (Å²) in [4.78, 5) is 4.42. The molecule has 6 heteroatoms. The number of benzene rings is 2. The van der Waals surface area contributed by atoms with E-state index in [1.807, 2.05) is 36.4 Å². The summed E-state index contributed by atoms with van der Waals surface area (Å²) in [6.07, 6.45) is 0. The van der Waals surface area contributed by atoms with Crippen LogP contribution in [0.25, 0.3) is 11.4 Å². The summed E-state index contributed by atoms with van der Waals surface area (Å²) in [6.45, 7) is 0.306. The van der Waals surface area contributed by atoms with Crippen molar-refractivity contribution in [3.63, 3.8) is 0 Å². The molecule has 6 nitrogen and oxygen atoms in total. The van der Waals surface area contributed by atoms with E-state index in [2.05, 4.69) is 15.2 Å². The number of nitrogens with one attached hydrogen (secondary N) is 1. The van der Waals surface area contributed by atoms with Crippen LogP contribution < -0.4 is 15.2 Å². The van der Waals surface area contributed by atoms with Gasteiger partial charge < -0.3 is 15.2 Å². The van der Waals surface area contributed by atoms with Crippen LogP contribution in [0.15, 0.2) is 48.5 Å². The van der Waals surface area contributed by atoms with Crippen LogP contribution in [0.4, 0.5) is 5.69 Å². The fourth-order valence-electron chi connectivity index (χ4n) is 1.97. The number of methoxy groups -OCH3 is 1. The van der Waals surface area contributed by atoms with Gasteiger partial charge in [-0.25, -0.2) is 4.98 Å². The smallest absolute Gasteiger partial charge is 0.181 e. The van der Waals surface area contributed by atoms with Crippen molar-refractivity contribution in [3.05, 3.63) is 54.4 Å². The summed E-state index contributed by atoms with van der Waals surface area (Å²) in [5.41, 5.74) is 7.22. The van der Waals surface area contributed by atoms with Gasteiger partial charge in [-0.05, 0) is 36.4 Å². The molecule has 0 radical (unpaired) electrons. The molecule has 0 unspecified atom stereocenters. The third kappa shape index (κ3) is 3.17. The van der Waals surface area contributed by atoms with Crippen LogP contribution in [0.2, 0.25) is 0 Å². The standard InChI is InChI=1S/C16H16N4O2/c1-21-14-4-2-3-11(9-14)16-18-15(19-20-16)10-22-13-7-5-12(17)6-8-13/h2-9H,10,17H2,1H3,(H,18,19,20). The lowest BCUT2D eigenvalue weighted by Gasteiger charge is -2.03. The Hall–Kier alpha value is -3.02. The lowest BCUT2D eigenvalue weighted by Crippen LogP contribution is -1.97. The normalized spacial score (nSPS) is 10.4. The van der Waals surface area contributed by atoms with Crippen molar-refractivity contribution in [3.8, 4) is 22.9 Å². The number of rotatable bonds is 5. The number of nitrogen functional groups attached to an aromatic ring is 1. The molecule has 1 aromatic heterocycles. The SMILES string of the molecule is COc1cccc(-c2n[nH]c(COc3ccc(N)cc3)n2)c1. The Morgan fingerprint density at radius 2 is 1.91 bits per heavy atom. The molecule has 0 fully saturated rings. The molecule has 0 saturated heterocycles. The molecule has 112 valence electrons. The van der Waals surface area contributed by atoms with E-state index in [9.17, 15) is 0 Å². The maximum atomic E-state index is 5.63. The van der Waals surface area contributed by atoms with Crippen molar-refractivity contribution < 1.29 is 9.47 Å². The number of hydrogen-bond donors (Lipinski definition) is 2. The number of aromatic nitrogens is 3. The van der Waals surface area contributed by atoms with Gasteiger partial charge in [-0.15, -0.1) is 0 Å². The van der Waals surface area contributed by atoms with Crippen molar-refractivity contribution in [2.45, 2.75) is 6.61 Å². The van der Waals surface area contributed by atoms with Crippen LogP contribution in [0.5, 0.6) is 11.5 Å². The van der Waals surface area contributed by atoms with Crippen LogP contribution >= 0.6 is 0 Å². The Labute approximate surface area is 127 Å². The Bertz CT molecular complexity index is 753. The van der Waals surface area contributed by atoms with Gasteiger partial charge in [-0.2, -0.15) is 5.10 Å². The number of hydrogen-bond acceptors (Lipinski definition) is 5. The molecule has 0 amide bonds. The fourth-order valence-corrected chi connectivity index (χ4v) is 1.97. The Balaban J connectivity index is 1.69. The molecule has 0 aliphatic carbocycles. The lowest BCUT2D eigenvalue weighted by molar-refractivity contribution is 0.296. The average Bonchev–Trinajstić information content (AvgIpc) is 3.03. The second-order valence-corrected chi connectivity index (χ2v) is 4.70. The summed E-state index contributed by atoms with van der Waals surface area (Å²) >= 11 is 0. The largest absolute Gasteiger partial charge is 0.497 e. The van der Waals surface area contributed by atoms with Crippen molar-refractivity contribution in [1.29, 1.82) is 0 Å². The first kappa shape index (κ1) is 13.9. The van der Waals surface area contributed by atoms with E-state index < -0.39 is 0 Å². The first-order valence-electron chi connectivity index (χ1n) is 6.78. The molecule has 3 N–H and O–H groups in total. The minimum Gasteiger partial charge on any atom is -0.497 e. The molecule has 2 aromatic carbocycles. The van der Waals surface area contributed by atoms with Crippen LogP contribution in [-0.4, -0.2) is 22.3 Å². The van der Waals surface area contributed by atoms with E-state index in [0.29, 0.717) is 23.9 Å². The topological polar surface area (TPSA) is 86.0 Å². The molecule has 0 saturated carbocycles. The summed E-state index contributed by atoms with van der Waals surface area (Å²) in [5.74, 6) is 2.75. The predicted octanol–water partition coefficient (Wildman–Crippen LogP) is 2.64. The van der Waals surface area contributed by atoms with Crippen molar-refractivity contribution in [2.24, 2.45) is 0 Å². The van der Waals surface area contributed by atoms with Crippen molar-refractivity contribution in [2.75, 3.05) is 12.8 Å². The van der Waals surface area contributed by atoms with Crippen LogP contribution in [0.3, 0.4) is 0 Å². The maximum Gasteiger partial charge on any atom is 0.181 e. The van der Waals surface area contributed by atoms with E-state index in [1.165, 1.54) is 0 Å². The van der Waals surface area contributed by atoms with Gasteiger partial charge in [0, 0.05) is 11.3 Å². The first-order valence-corrected chi connectivity index (χ1v) is 6.78. The predicted molar refractivity (Wildman–Crippen MR) is 83.6 cm³/mol. The molecule has 22 heavy (non-hydrogen) atoms. The number of nitrogens with zero attached hydrogens (tertiary/aromatic N) is 2. The fraction of sp³-hybridized carbons (Fsp3) is 0.125. The number of anilines is 1. The second-order valence-electron chi connectivity index (χ2n) is 4.70. The third-order valence-electron chi connectivity index (χ3n) is 3.12. The van der Waals surface area contributed by atoms with Gasteiger partial charge in [-0.3, -0.25) is 5.10 Å². The monoisotopic (exact) mass is 296 g/mol. The second kappa shape index (κ2) is 6.17. The van der Waals surface area contributed by atoms with Crippen molar-refractivity contribution in [1.82, 2.24) is 15.2 Å². The van der Waals surface area contributed by atoms with Gasteiger partial charge in [0.1, 0.15) is 18.1 Å². The highest BCUT2D eigenvalue weighted by atomic mass is 16.5. The highest BCUT2D eigenvalue weighted by Crippen LogP contribution is 2.21. The molecule has 0 aliphatic rings. The van der Waals surface area contributed by atoms with Crippen LogP contribution in [-0.2, 0) is 6.61 Å². The van der Waals surface area contributed by atoms with Gasteiger partial charge in [0.25, 0.3) is 0 Å². The van der Waals surface area contributed by atoms with E-state index in [-0.39, 0.29) is 0 Å². The minimum absolute atomic E-state index is 0.306. The zero-order valence-corrected chi connectivity index (χ0v) is 12.1. The van der Waals surface area contributed by atoms with E-state index >= 15 is 0 Å². The van der Waals surface area contributed by atoms with Gasteiger partial charge >= 0.3 is 0 Å². The van der Waals surface area contributed by atoms with Crippen molar-refractivity contribution >= 4 is 5.69 Å². The Kier molecular flexibility index (Phi) is 3.91. The van der Waals surface area contributed by atoms with E-state index in [0.717, 1.165) is 17.1 Å². The van der Waals surface area contributed by atoms with Gasteiger partial charge in [0.05, 0.1) is 7.11 Å². The highest BCUT2D eigenvalue weighted by molar-refractivity contribution is 5.57. The molecular formula is C16H16N4O2. The zero-order valence-electron chi connectivity index (χ0n) is 12.1. The first-order chi connectivity index (χ1) is 10.7. The molecule has 3 aromatic rings. The molecule has 0 atom stereocenters. The van der Waals surface area contributed by atoms with Crippen LogP contribution in [0, 0.1) is 0 Å². The molecule has 3 rings (SSSR count). The van der Waals surface area contributed by atoms with Gasteiger partial charge in [0.2, 0.25) is 0 Å². The lowest BCUT2D eigenvalue weighted by atomic mass is 10.2. The highest BCUT2D eigenvalue weighted by Gasteiger charge is 2.07. The average molecular weight is 296 g/mol.